The summed E-state index contributed by atoms with van der Waals surface area (Å²) in [6.45, 7) is 4.25. The Morgan fingerprint density at radius 1 is 1.43 bits per heavy atom. The van der Waals surface area contributed by atoms with E-state index < -0.39 is 0 Å². The third-order valence-electron chi connectivity index (χ3n) is 3.86. The molecule has 1 saturated heterocycles. The lowest BCUT2D eigenvalue weighted by Crippen LogP contribution is -2.35. The van der Waals surface area contributed by atoms with Gasteiger partial charge in [0.15, 0.2) is 0 Å². The molecule has 122 valence electrons. The maximum Gasteiger partial charge on any atom is 0.409 e. The van der Waals surface area contributed by atoms with E-state index in [0.717, 1.165) is 24.2 Å². The monoisotopic (exact) mass is 315 g/mol. The second kappa shape index (κ2) is 7.28. The zero-order valence-electron chi connectivity index (χ0n) is 13.2. The molecule has 3 rings (SSSR count). The molecule has 6 heteroatoms. The highest BCUT2D eigenvalue weighted by atomic mass is 16.6. The molecule has 0 bridgehead atoms. The van der Waals surface area contributed by atoms with Crippen molar-refractivity contribution in [2.75, 3.05) is 19.7 Å². The van der Waals surface area contributed by atoms with E-state index >= 15 is 0 Å². The minimum absolute atomic E-state index is 0.232. The van der Waals surface area contributed by atoms with Crippen LogP contribution >= 0.6 is 0 Å². The second-order valence-corrected chi connectivity index (χ2v) is 5.52. The van der Waals surface area contributed by atoms with Crippen LogP contribution in [0.15, 0.2) is 41.0 Å². The fourth-order valence-corrected chi connectivity index (χ4v) is 2.66. The van der Waals surface area contributed by atoms with Gasteiger partial charge in [-0.05, 0) is 25.5 Å². The van der Waals surface area contributed by atoms with Crippen LogP contribution in [-0.4, -0.2) is 41.7 Å². The van der Waals surface area contributed by atoms with Crippen LogP contribution in [0.4, 0.5) is 4.79 Å². The molecule has 0 unspecified atom stereocenters. The number of ether oxygens (including phenoxy) is 1. The van der Waals surface area contributed by atoms with Gasteiger partial charge in [0.2, 0.25) is 5.89 Å². The van der Waals surface area contributed by atoms with Gasteiger partial charge in [0, 0.05) is 31.2 Å². The average Bonchev–Trinajstić information content (AvgIpc) is 3.23. The molecule has 23 heavy (non-hydrogen) atoms. The van der Waals surface area contributed by atoms with E-state index in [1.54, 1.807) is 11.2 Å². The van der Waals surface area contributed by atoms with Gasteiger partial charge in [-0.1, -0.05) is 18.2 Å². The molecule has 1 aliphatic rings. The van der Waals surface area contributed by atoms with Gasteiger partial charge >= 0.3 is 6.09 Å². The molecular weight excluding hydrogens is 294 g/mol. The quantitative estimate of drug-likeness (QED) is 0.919. The van der Waals surface area contributed by atoms with E-state index in [1.807, 2.05) is 37.3 Å². The van der Waals surface area contributed by atoms with Crippen LogP contribution < -0.4 is 5.32 Å². The number of oxazole rings is 1. The first-order valence-corrected chi connectivity index (χ1v) is 7.91. The number of hydrogen-bond acceptors (Lipinski definition) is 5. The van der Waals surface area contributed by atoms with Crippen molar-refractivity contribution < 1.29 is 13.9 Å². The number of carbonyl (C=O) groups is 1. The number of rotatable bonds is 5. The Morgan fingerprint density at radius 3 is 3.04 bits per heavy atom. The second-order valence-electron chi connectivity index (χ2n) is 5.52. The summed E-state index contributed by atoms with van der Waals surface area (Å²) in [5.41, 5.74) is 1.83. The SMILES string of the molecule is CCOC(=O)N1CC[C@@H](NCc2coc(-c3ccccc3)n2)C1. The molecule has 1 atom stereocenters. The molecule has 1 aliphatic heterocycles. The molecule has 1 fully saturated rings. The molecule has 1 aromatic carbocycles. The van der Waals surface area contributed by atoms with Crippen molar-refractivity contribution in [2.24, 2.45) is 0 Å². The molecule has 2 heterocycles. The number of benzene rings is 1. The summed E-state index contributed by atoms with van der Waals surface area (Å²) < 4.78 is 10.5. The molecule has 0 radical (unpaired) electrons. The third kappa shape index (κ3) is 3.90. The van der Waals surface area contributed by atoms with Crippen molar-refractivity contribution in [1.29, 1.82) is 0 Å². The zero-order valence-corrected chi connectivity index (χ0v) is 13.2. The first-order valence-electron chi connectivity index (χ1n) is 7.91. The normalized spacial score (nSPS) is 17.4. The Balaban J connectivity index is 1.50. The van der Waals surface area contributed by atoms with E-state index in [1.165, 1.54) is 0 Å². The molecular formula is C17H21N3O3. The maximum atomic E-state index is 11.7. The molecule has 0 aliphatic carbocycles. The number of carbonyl (C=O) groups excluding carboxylic acids is 1. The minimum Gasteiger partial charge on any atom is -0.450 e. The smallest absolute Gasteiger partial charge is 0.409 e. The number of hydrogen-bond donors (Lipinski definition) is 1. The standard InChI is InChI=1S/C17H21N3O3/c1-2-22-17(21)20-9-8-14(11-20)18-10-15-12-23-16(19-15)13-6-4-3-5-7-13/h3-7,12,14,18H,2,8-11H2,1H3/t14-/m1/s1. The van der Waals surface area contributed by atoms with Crippen LogP contribution in [0.25, 0.3) is 11.5 Å². The summed E-state index contributed by atoms with van der Waals surface area (Å²) in [6.07, 6.45) is 2.36. The Labute approximate surface area is 135 Å². The van der Waals surface area contributed by atoms with Crippen LogP contribution in [0.3, 0.4) is 0 Å². The van der Waals surface area contributed by atoms with E-state index in [4.69, 9.17) is 9.15 Å². The van der Waals surface area contributed by atoms with E-state index in [9.17, 15) is 4.79 Å². The molecule has 1 N–H and O–H groups in total. The van der Waals surface area contributed by atoms with Crippen molar-refractivity contribution in [3.63, 3.8) is 0 Å². The first-order chi connectivity index (χ1) is 11.3. The van der Waals surface area contributed by atoms with Gasteiger partial charge in [0.05, 0.1) is 12.3 Å². The van der Waals surface area contributed by atoms with Crippen LogP contribution in [0.5, 0.6) is 0 Å². The molecule has 2 aromatic rings. The lowest BCUT2D eigenvalue weighted by molar-refractivity contribution is 0.115. The van der Waals surface area contributed by atoms with Crippen LogP contribution in [0.1, 0.15) is 19.0 Å². The van der Waals surface area contributed by atoms with Crippen LogP contribution in [0.2, 0.25) is 0 Å². The molecule has 1 amide bonds. The highest BCUT2D eigenvalue weighted by Crippen LogP contribution is 2.18. The van der Waals surface area contributed by atoms with E-state index in [-0.39, 0.29) is 12.1 Å². The fourth-order valence-electron chi connectivity index (χ4n) is 2.66. The summed E-state index contributed by atoms with van der Waals surface area (Å²) in [5.74, 6) is 0.627. The topological polar surface area (TPSA) is 67.6 Å². The Kier molecular flexibility index (Phi) is 4.92. The van der Waals surface area contributed by atoms with Gasteiger partial charge in [-0.3, -0.25) is 0 Å². The highest BCUT2D eigenvalue weighted by Gasteiger charge is 2.26. The lowest BCUT2D eigenvalue weighted by atomic mass is 10.2. The Hall–Kier alpha value is -2.34. The maximum absolute atomic E-state index is 11.7. The predicted octanol–water partition coefficient (Wildman–Crippen LogP) is 2.66. The zero-order chi connectivity index (χ0) is 16.1. The van der Waals surface area contributed by atoms with Crippen molar-refractivity contribution in [2.45, 2.75) is 25.9 Å². The van der Waals surface area contributed by atoms with Crippen LogP contribution in [-0.2, 0) is 11.3 Å². The first kappa shape index (κ1) is 15.6. The summed E-state index contributed by atoms with van der Waals surface area (Å²) in [6, 6.07) is 10.1. The van der Waals surface area contributed by atoms with Crippen molar-refractivity contribution in [3.05, 3.63) is 42.3 Å². The van der Waals surface area contributed by atoms with Crippen molar-refractivity contribution >= 4 is 6.09 Å². The van der Waals surface area contributed by atoms with Gasteiger partial charge < -0.3 is 19.4 Å². The number of nitrogens with zero attached hydrogens (tertiary/aromatic N) is 2. The van der Waals surface area contributed by atoms with Gasteiger partial charge in [-0.2, -0.15) is 0 Å². The predicted molar refractivity (Wildman–Crippen MR) is 85.8 cm³/mol. The molecule has 6 nitrogen and oxygen atoms in total. The number of nitrogens with one attached hydrogen (secondary N) is 1. The number of aromatic nitrogens is 1. The van der Waals surface area contributed by atoms with Crippen LogP contribution in [0, 0.1) is 0 Å². The number of likely N-dealkylation sites (tertiary alicyclic amines) is 1. The van der Waals surface area contributed by atoms with Gasteiger partial charge in [-0.15, -0.1) is 0 Å². The molecule has 0 saturated carbocycles. The fraction of sp³-hybridized carbons (Fsp3) is 0.412. The van der Waals surface area contributed by atoms with Gasteiger partial charge in [0.25, 0.3) is 0 Å². The lowest BCUT2D eigenvalue weighted by Gasteiger charge is -2.15. The van der Waals surface area contributed by atoms with Gasteiger partial charge in [-0.25, -0.2) is 9.78 Å². The van der Waals surface area contributed by atoms with E-state index in [0.29, 0.717) is 25.6 Å². The van der Waals surface area contributed by atoms with E-state index in [2.05, 4.69) is 10.3 Å². The number of amides is 1. The molecule has 0 spiro atoms. The summed E-state index contributed by atoms with van der Waals surface area (Å²) in [4.78, 5) is 17.9. The summed E-state index contributed by atoms with van der Waals surface area (Å²) in [5, 5.41) is 3.42. The average molecular weight is 315 g/mol. The van der Waals surface area contributed by atoms with Gasteiger partial charge in [0.1, 0.15) is 6.26 Å². The third-order valence-corrected chi connectivity index (χ3v) is 3.86. The minimum atomic E-state index is -0.232. The molecule has 1 aromatic heterocycles. The van der Waals surface area contributed by atoms with Crippen molar-refractivity contribution in [1.82, 2.24) is 15.2 Å². The summed E-state index contributed by atoms with van der Waals surface area (Å²) in [7, 11) is 0. The largest absolute Gasteiger partial charge is 0.450 e. The Bertz CT molecular complexity index is 642. The van der Waals surface area contributed by atoms with Crippen molar-refractivity contribution in [3.8, 4) is 11.5 Å². The highest BCUT2D eigenvalue weighted by molar-refractivity contribution is 5.68. The Morgan fingerprint density at radius 2 is 2.26 bits per heavy atom. The summed E-state index contributed by atoms with van der Waals surface area (Å²) >= 11 is 0.